The summed E-state index contributed by atoms with van der Waals surface area (Å²) in [5.74, 6) is 0. The van der Waals surface area contributed by atoms with Crippen LogP contribution in [-0.2, 0) is 0 Å². The molecular weight excluding hydrogens is 372 g/mol. The van der Waals surface area contributed by atoms with Crippen molar-refractivity contribution >= 4 is 33.2 Å². The number of nitrogens with one attached hydrogen (secondary N) is 2. The molecule has 0 saturated heterocycles. The molecule has 0 fully saturated rings. The van der Waals surface area contributed by atoms with Crippen molar-refractivity contribution in [1.82, 2.24) is 19.8 Å². The number of aromatic nitrogens is 2. The molecule has 30 heavy (non-hydrogen) atoms. The summed E-state index contributed by atoms with van der Waals surface area (Å²) in [5.41, 5.74) is 6.33. The number of benzene rings is 1. The fourth-order valence-electron chi connectivity index (χ4n) is 3.79. The fourth-order valence-corrected chi connectivity index (χ4v) is 3.79. The number of pyridine rings is 2. The van der Waals surface area contributed by atoms with Crippen molar-refractivity contribution in [3.63, 3.8) is 0 Å². The lowest BCUT2D eigenvalue weighted by Crippen LogP contribution is -2.16. The van der Waals surface area contributed by atoms with Crippen molar-refractivity contribution in [2.45, 2.75) is 26.7 Å². The van der Waals surface area contributed by atoms with Crippen LogP contribution in [0.4, 0.5) is 11.4 Å². The standard InChI is InChI=1S/C24H36N6/c1-17-16-22(26-12-8-14-30(5)6)23-20(27-17)10-9-19-21(15-18(2)28-24(19)23)25-11-7-13-29(3)4/h9-10,15-16H,7-8,11-14H2,1-6H3,(H,25,28)(H,26,27). The topological polar surface area (TPSA) is 56.3 Å². The highest BCUT2D eigenvalue weighted by molar-refractivity contribution is 6.13. The number of rotatable bonds is 10. The smallest absolute Gasteiger partial charge is 0.0840 e. The first-order chi connectivity index (χ1) is 14.3. The van der Waals surface area contributed by atoms with Crippen molar-refractivity contribution in [3.05, 3.63) is 35.7 Å². The summed E-state index contributed by atoms with van der Waals surface area (Å²) in [6, 6.07) is 8.57. The van der Waals surface area contributed by atoms with E-state index in [4.69, 9.17) is 9.97 Å². The van der Waals surface area contributed by atoms with Gasteiger partial charge in [-0.3, -0.25) is 9.97 Å². The highest BCUT2D eigenvalue weighted by atomic mass is 15.1. The van der Waals surface area contributed by atoms with Crippen molar-refractivity contribution in [1.29, 1.82) is 0 Å². The Morgan fingerprint density at radius 3 is 1.97 bits per heavy atom. The molecule has 162 valence electrons. The molecule has 6 heteroatoms. The van der Waals surface area contributed by atoms with Crippen LogP contribution in [0.2, 0.25) is 0 Å². The predicted molar refractivity (Wildman–Crippen MR) is 130 cm³/mol. The summed E-state index contributed by atoms with van der Waals surface area (Å²) in [7, 11) is 8.44. The summed E-state index contributed by atoms with van der Waals surface area (Å²) < 4.78 is 0. The second kappa shape index (κ2) is 10.0. The quantitative estimate of drug-likeness (QED) is 0.389. The predicted octanol–water partition coefficient (Wildman–Crippen LogP) is 4.13. The fraction of sp³-hybridized carbons (Fsp3) is 0.500. The number of hydrogen-bond acceptors (Lipinski definition) is 6. The lowest BCUT2D eigenvalue weighted by atomic mass is 10.1. The minimum absolute atomic E-state index is 0.925. The maximum absolute atomic E-state index is 4.93. The van der Waals surface area contributed by atoms with Gasteiger partial charge in [-0.05, 0) is 92.2 Å². The third-order valence-corrected chi connectivity index (χ3v) is 5.20. The molecule has 3 aromatic rings. The molecule has 2 heterocycles. The van der Waals surface area contributed by atoms with Crippen molar-refractivity contribution in [3.8, 4) is 0 Å². The molecule has 0 bridgehead atoms. The minimum Gasteiger partial charge on any atom is -0.384 e. The van der Waals surface area contributed by atoms with E-state index in [9.17, 15) is 0 Å². The van der Waals surface area contributed by atoms with Gasteiger partial charge in [-0.1, -0.05) is 0 Å². The number of hydrogen-bond donors (Lipinski definition) is 2. The van der Waals surface area contributed by atoms with E-state index in [1.807, 2.05) is 0 Å². The second-order valence-electron chi connectivity index (χ2n) is 8.65. The van der Waals surface area contributed by atoms with Gasteiger partial charge in [0.15, 0.2) is 0 Å². The van der Waals surface area contributed by atoms with E-state index >= 15 is 0 Å². The molecule has 2 N–H and O–H groups in total. The molecule has 2 aromatic heterocycles. The lowest BCUT2D eigenvalue weighted by molar-refractivity contribution is 0.405. The van der Waals surface area contributed by atoms with Gasteiger partial charge in [-0.25, -0.2) is 0 Å². The van der Waals surface area contributed by atoms with Crippen LogP contribution < -0.4 is 10.6 Å². The van der Waals surface area contributed by atoms with Gasteiger partial charge >= 0.3 is 0 Å². The van der Waals surface area contributed by atoms with Crippen LogP contribution in [0.5, 0.6) is 0 Å². The summed E-state index contributed by atoms with van der Waals surface area (Å²) in [6.45, 7) is 8.12. The maximum atomic E-state index is 4.93. The summed E-state index contributed by atoms with van der Waals surface area (Å²) in [4.78, 5) is 14.1. The van der Waals surface area contributed by atoms with Crippen molar-refractivity contribution in [2.24, 2.45) is 0 Å². The van der Waals surface area contributed by atoms with Gasteiger partial charge in [0, 0.05) is 46.6 Å². The van der Waals surface area contributed by atoms with Gasteiger partial charge in [0.2, 0.25) is 0 Å². The highest BCUT2D eigenvalue weighted by Gasteiger charge is 2.13. The first-order valence-electron chi connectivity index (χ1n) is 10.8. The van der Waals surface area contributed by atoms with Gasteiger partial charge < -0.3 is 20.4 Å². The molecule has 0 aliphatic carbocycles. The van der Waals surface area contributed by atoms with E-state index in [0.29, 0.717) is 0 Å². The molecule has 6 nitrogen and oxygen atoms in total. The number of nitrogens with zero attached hydrogens (tertiary/aromatic N) is 4. The molecule has 0 unspecified atom stereocenters. The Bertz CT molecular complexity index is 996. The van der Waals surface area contributed by atoms with Gasteiger partial charge in [0.25, 0.3) is 0 Å². The average molecular weight is 409 g/mol. The second-order valence-corrected chi connectivity index (χ2v) is 8.65. The first-order valence-corrected chi connectivity index (χ1v) is 10.8. The Morgan fingerprint density at radius 2 is 1.33 bits per heavy atom. The van der Waals surface area contributed by atoms with Crippen LogP contribution in [0, 0.1) is 13.8 Å². The highest BCUT2D eigenvalue weighted by Crippen LogP contribution is 2.33. The van der Waals surface area contributed by atoms with E-state index in [1.54, 1.807) is 0 Å². The molecule has 3 rings (SSSR count). The third kappa shape index (κ3) is 5.58. The SMILES string of the molecule is Cc1cc(NCCCN(C)C)c2c(ccc3c(NCCCN(C)C)cc(C)nc32)n1. The number of fused-ring (bicyclic) bond motifs is 3. The van der Waals surface area contributed by atoms with Crippen LogP contribution in [-0.4, -0.2) is 74.1 Å². The lowest BCUT2D eigenvalue weighted by Gasteiger charge is -2.16. The van der Waals surface area contributed by atoms with Crippen molar-refractivity contribution < 1.29 is 0 Å². The van der Waals surface area contributed by atoms with Gasteiger partial charge in [-0.15, -0.1) is 0 Å². The van der Waals surface area contributed by atoms with Crippen LogP contribution in [0.3, 0.4) is 0 Å². The van der Waals surface area contributed by atoms with E-state index in [-0.39, 0.29) is 0 Å². The normalized spacial score (nSPS) is 11.7. The Balaban J connectivity index is 1.97. The summed E-state index contributed by atoms with van der Waals surface area (Å²) in [5, 5.41) is 9.54. The number of aryl methyl sites for hydroxylation is 2. The largest absolute Gasteiger partial charge is 0.384 e. The monoisotopic (exact) mass is 408 g/mol. The molecule has 0 radical (unpaired) electrons. The summed E-state index contributed by atoms with van der Waals surface area (Å²) >= 11 is 0. The Hall–Kier alpha value is -2.44. The van der Waals surface area contributed by atoms with Gasteiger partial charge in [-0.2, -0.15) is 0 Å². The third-order valence-electron chi connectivity index (χ3n) is 5.20. The molecule has 0 atom stereocenters. The zero-order valence-corrected chi connectivity index (χ0v) is 19.3. The Morgan fingerprint density at radius 1 is 0.767 bits per heavy atom. The minimum atomic E-state index is 0.925. The molecule has 0 aliphatic heterocycles. The van der Waals surface area contributed by atoms with Crippen LogP contribution in [0.1, 0.15) is 24.2 Å². The molecule has 1 aromatic carbocycles. The zero-order chi connectivity index (χ0) is 21.7. The van der Waals surface area contributed by atoms with Crippen LogP contribution in [0.25, 0.3) is 21.8 Å². The van der Waals surface area contributed by atoms with Gasteiger partial charge in [0.05, 0.1) is 11.0 Å². The Kier molecular flexibility index (Phi) is 7.45. The molecule has 0 spiro atoms. The van der Waals surface area contributed by atoms with Crippen LogP contribution in [0.15, 0.2) is 24.3 Å². The molecular formula is C24H36N6. The van der Waals surface area contributed by atoms with E-state index in [0.717, 1.165) is 83.6 Å². The van der Waals surface area contributed by atoms with Crippen LogP contribution >= 0.6 is 0 Å². The van der Waals surface area contributed by atoms with Crippen molar-refractivity contribution in [2.75, 3.05) is 65.0 Å². The number of anilines is 2. The Labute approximate surface area is 180 Å². The van der Waals surface area contributed by atoms with E-state index < -0.39 is 0 Å². The van der Waals surface area contributed by atoms with E-state index in [2.05, 4.69) is 86.7 Å². The average Bonchev–Trinajstić information content (AvgIpc) is 2.67. The van der Waals surface area contributed by atoms with Gasteiger partial charge in [0.1, 0.15) is 0 Å². The maximum Gasteiger partial charge on any atom is 0.0840 e. The molecule has 0 aliphatic rings. The first kappa shape index (κ1) is 22.2. The summed E-state index contributed by atoms with van der Waals surface area (Å²) in [6.07, 6.45) is 2.19. The molecule has 0 saturated carbocycles. The molecule has 0 amide bonds. The zero-order valence-electron chi connectivity index (χ0n) is 19.3. The van der Waals surface area contributed by atoms with E-state index in [1.165, 1.54) is 0 Å².